The SMILES string of the molecule is C1CCCCC1.C1CCNCC1.C1CCOCC1.C1CNCCN1.C1COCCN1.CC(C)C.CC(C)C.CC(C)C.CC(C)C.CC(C)C.CC(C)C.CC(C)C.CC(C)c1nc2ccccc2s1.c1ccc2nscc2c1.c1ccc2sncc2c1. The van der Waals surface area contributed by atoms with Gasteiger partial charge in [-0.15, -0.1) is 11.3 Å². The molecule has 1 aliphatic carbocycles. The molecule has 7 heterocycles. The van der Waals surface area contributed by atoms with Crippen LogP contribution >= 0.6 is 34.4 Å². The molecule has 3 aromatic carbocycles. The summed E-state index contributed by atoms with van der Waals surface area (Å²) in [5, 5.41) is 18.6. The summed E-state index contributed by atoms with van der Waals surface area (Å²) in [6, 6.07) is 24.6. The first-order valence-electron chi connectivity index (χ1n) is 34.8. The fourth-order valence-corrected chi connectivity index (χ4v) is 8.69. The van der Waals surface area contributed by atoms with Crippen LogP contribution < -0.4 is 21.3 Å². The van der Waals surface area contributed by atoms with Gasteiger partial charge >= 0.3 is 0 Å². The van der Waals surface area contributed by atoms with Gasteiger partial charge in [0.2, 0.25) is 0 Å². The van der Waals surface area contributed by atoms with Gasteiger partial charge in [-0.2, -0.15) is 8.75 Å². The zero-order chi connectivity index (χ0) is 67.0. The van der Waals surface area contributed by atoms with Crippen LogP contribution in [0.5, 0.6) is 0 Å². The van der Waals surface area contributed by atoms with Gasteiger partial charge in [-0.3, -0.25) is 0 Å². The molecule has 0 bridgehead atoms. The van der Waals surface area contributed by atoms with E-state index in [1.54, 1.807) is 11.3 Å². The van der Waals surface area contributed by atoms with Crippen LogP contribution in [0.2, 0.25) is 0 Å². The second kappa shape index (κ2) is 68.5. The van der Waals surface area contributed by atoms with E-state index in [2.05, 4.69) is 236 Å². The zero-order valence-electron chi connectivity index (χ0n) is 61.6. The molecular formula is C76H143N7O2S3. The smallest absolute Gasteiger partial charge is 0.0963 e. The molecule has 12 heteroatoms. The summed E-state index contributed by atoms with van der Waals surface area (Å²) in [6.07, 6.45) is 19.0. The lowest BCUT2D eigenvalue weighted by Gasteiger charge is -2.11. The van der Waals surface area contributed by atoms with Crippen LogP contribution in [0.1, 0.15) is 247 Å². The molecule has 0 amide bonds. The van der Waals surface area contributed by atoms with Crippen LogP contribution in [0.15, 0.2) is 84.4 Å². The number of rotatable bonds is 1. The van der Waals surface area contributed by atoms with E-state index in [0.717, 1.165) is 118 Å². The monoisotopic (exact) mass is 1280 g/mol. The first-order valence-corrected chi connectivity index (χ1v) is 37.2. The van der Waals surface area contributed by atoms with Crippen LogP contribution in [0.3, 0.4) is 0 Å². The number of thiazole rings is 1. The Morgan fingerprint density at radius 3 is 0.989 bits per heavy atom. The third kappa shape index (κ3) is 79.2. The molecule has 11 rings (SSSR count). The van der Waals surface area contributed by atoms with Gasteiger partial charge in [0.05, 0.1) is 38.7 Å². The molecular weight excluding hydrogens is 1140 g/mol. The number of piperazine rings is 1. The number of nitrogens with zero attached hydrogens (tertiary/aromatic N) is 3. The molecule has 1 saturated carbocycles. The number of hydrogen-bond acceptors (Lipinski definition) is 12. The Labute approximate surface area is 558 Å². The van der Waals surface area contributed by atoms with Crippen LogP contribution in [0, 0.1) is 41.4 Å². The molecule has 4 aliphatic heterocycles. The summed E-state index contributed by atoms with van der Waals surface area (Å²) in [7, 11) is 0. The summed E-state index contributed by atoms with van der Waals surface area (Å²) >= 11 is 4.83. The number of para-hydroxylation sites is 1. The maximum absolute atomic E-state index is 5.07. The van der Waals surface area contributed by atoms with E-state index in [1.807, 2.05) is 42.6 Å². The summed E-state index contributed by atoms with van der Waals surface area (Å²) in [4.78, 5) is 4.53. The summed E-state index contributed by atoms with van der Waals surface area (Å²) < 4.78 is 20.8. The Hall–Kier alpha value is -2.91. The Balaban J connectivity index is -0.000000437. The van der Waals surface area contributed by atoms with Gasteiger partial charge < -0.3 is 30.7 Å². The molecule has 9 nitrogen and oxygen atoms in total. The lowest BCUT2D eigenvalue weighted by Crippen LogP contribution is -2.39. The highest BCUT2D eigenvalue weighted by Gasteiger charge is 2.05. The molecule has 88 heavy (non-hydrogen) atoms. The van der Waals surface area contributed by atoms with Crippen molar-refractivity contribution in [1.29, 1.82) is 0 Å². The molecule has 0 spiro atoms. The minimum atomic E-state index is 0.544. The molecule has 0 unspecified atom stereocenters. The second-order valence-electron chi connectivity index (χ2n) is 27.5. The number of nitrogens with one attached hydrogen (secondary N) is 4. The largest absolute Gasteiger partial charge is 0.381 e. The van der Waals surface area contributed by atoms with Crippen LogP contribution in [0.4, 0.5) is 0 Å². The van der Waals surface area contributed by atoms with Gasteiger partial charge in [0.1, 0.15) is 0 Å². The normalized spacial score (nSPS) is 14.7. The van der Waals surface area contributed by atoms with Gasteiger partial charge in [-0.05, 0) is 134 Å². The van der Waals surface area contributed by atoms with Crippen molar-refractivity contribution >= 4 is 65.6 Å². The quantitative estimate of drug-likeness (QED) is 0.128. The molecule has 3 aromatic heterocycles. The fourth-order valence-electron chi connectivity index (χ4n) is 6.43. The Morgan fingerprint density at radius 1 is 0.352 bits per heavy atom. The van der Waals surface area contributed by atoms with Crippen LogP contribution in [-0.4, -0.2) is 92.5 Å². The highest BCUT2D eigenvalue weighted by Crippen LogP contribution is 2.26. The highest BCUT2D eigenvalue weighted by atomic mass is 32.1. The first-order chi connectivity index (χ1) is 41.8. The number of aromatic nitrogens is 3. The van der Waals surface area contributed by atoms with Crippen LogP contribution in [0.25, 0.3) is 31.2 Å². The minimum Gasteiger partial charge on any atom is -0.381 e. The molecule has 5 aliphatic rings. The van der Waals surface area contributed by atoms with Gasteiger partial charge in [0.25, 0.3) is 0 Å². The van der Waals surface area contributed by atoms with Crippen molar-refractivity contribution in [3.63, 3.8) is 0 Å². The maximum Gasteiger partial charge on any atom is 0.0963 e. The Bertz CT molecular complexity index is 1850. The van der Waals surface area contributed by atoms with Crippen molar-refractivity contribution < 1.29 is 9.47 Å². The molecule has 512 valence electrons. The van der Waals surface area contributed by atoms with Gasteiger partial charge in [0.15, 0.2) is 0 Å². The number of hydrogen-bond donors (Lipinski definition) is 4. The van der Waals surface area contributed by atoms with Crippen molar-refractivity contribution in [2.75, 3.05) is 78.8 Å². The van der Waals surface area contributed by atoms with E-state index >= 15 is 0 Å². The average Bonchev–Trinajstić information content (AvgIpc) is 4.03. The Morgan fingerprint density at radius 2 is 0.693 bits per heavy atom. The second-order valence-corrected chi connectivity index (χ2v) is 30.0. The average molecular weight is 1280 g/mol. The predicted molar refractivity (Wildman–Crippen MR) is 405 cm³/mol. The molecule has 6 aromatic rings. The Kier molecular flexibility index (Phi) is 71.2. The highest BCUT2D eigenvalue weighted by molar-refractivity contribution is 7.18. The predicted octanol–water partition coefficient (Wildman–Crippen LogP) is 22.7. The number of piperidine rings is 1. The summed E-state index contributed by atoms with van der Waals surface area (Å²) in [5.74, 6) is 6.38. The number of ether oxygens (including phenoxy) is 2. The summed E-state index contributed by atoms with van der Waals surface area (Å²) in [5.41, 5.74) is 2.23. The van der Waals surface area contributed by atoms with Gasteiger partial charge in [-0.25, -0.2) is 4.98 Å². The maximum atomic E-state index is 5.07. The van der Waals surface area contributed by atoms with Crippen molar-refractivity contribution in [2.24, 2.45) is 41.4 Å². The zero-order valence-corrected chi connectivity index (χ0v) is 64.0. The third-order valence-electron chi connectivity index (χ3n) is 9.92. The standard InChI is InChI=1S/C10H11NS.2C7H5NS.C6H12.C5H11N.C5H10O.C4H10N2.C4H9NO.7C4H10/c1-7(2)10-11-8-5-3-4-6-9(8)12-10;1-2-4-7-6(3-1)5-9-8-7;1-2-4-7-6(3-1)5-8-9-7;3*1-2-4-6-5-3-1;1-2-6-4-3-5-1;1-3-6-4-2-5-1;7*1-4(2)3/h3-7H,1-2H3;2*1-5H;1-6H2;6H,1-5H2;1-5H2;5-6H,1-4H2;5H,1-4H2;7*4H,1-3H3. The first kappa shape index (κ1) is 91.5. The van der Waals surface area contributed by atoms with Crippen LogP contribution in [-0.2, 0) is 9.47 Å². The summed E-state index contributed by atoms with van der Waals surface area (Å²) in [6.45, 7) is 62.7. The topological polar surface area (TPSA) is 105 Å². The molecule has 5 fully saturated rings. The molecule has 4 saturated heterocycles. The lowest BCUT2D eigenvalue weighted by atomic mass is 10.0. The fraction of sp³-hybridized carbons (Fsp3) is 0.724. The van der Waals surface area contributed by atoms with E-state index in [0.29, 0.717) is 5.92 Å². The van der Waals surface area contributed by atoms with Crippen molar-refractivity contribution in [2.45, 2.75) is 242 Å². The number of benzene rings is 3. The lowest BCUT2D eigenvalue weighted by molar-refractivity contribution is 0.0968. The van der Waals surface area contributed by atoms with E-state index in [1.165, 1.54) is 138 Å². The van der Waals surface area contributed by atoms with E-state index < -0.39 is 0 Å². The third-order valence-corrected chi connectivity index (χ3v) is 12.7. The number of morpholine rings is 1. The van der Waals surface area contributed by atoms with E-state index in [9.17, 15) is 0 Å². The molecule has 0 radical (unpaired) electrons. The van der Waals surface area contributed by atoms with Gasteiger partial charge in [0, 0.05) is 80.7 Å². The van der Waals surface area contributed by atoms with Crippen molar-refractivity contribution in [1.82, 2.24) is 35.0 Å². The number of fused-ring (bicyclic) bond motifs is 3. The minimum absolute atomic E-state index is 0.544. The van der Waals surface area contributed by atoms with E-state index in [-0.39, 0.29) is 0 Å². The van der Waals surface area contributed by atoms with E-state index in [4.69, 9.17) is 9.47 Å². The van der Waals surface area contributed by atoms with Crippen molar-refractivity contribution in [3.8, 4) is 0 Å². The molecule has 0 atom stereocenters. The van der Waals surface area contributed by atoms with Crippen molar-refractivity contribution in [3.05, 3.63) is 89.4 Å². The van der Waals surface area contributed by atoms with Gasteiger partial charge in [-0.1, -0.05) is 253 Å². The molecule has 4 N–H and O–H groups in total.